The molecule has 2 aromatic heterocycles. The molecule has 0 atom stereocenters. The fourth-order valence-corrected chi connectivity index (χ4v) is 2.94. The van der Waals surface area contributed by atoms with Crippen molar-refractivity contribution in [2.45, 2.75) is 6.92 Å². The average molecular weight is 393 g/mol. The van der Waals surface area contributed by atoms with Crippen molar-refractivity contribution in [1.29, 1.82) is 0 Å². The Kier molecular flexibility index (Phi) is 4.71. The lowest BCUT2D eigenvalue weighted by Crippen LogP contribution is -2.09. The summed E-state index contributed by atoms with van der Waals surface area (Å²) < 4.78 is 5.70. The highest BCUT2D eigenvalue weighted by atomic mass is 35.5. The van der Waals surface area contributed by atoms with Crippen molar-refractivity contribution in [3.8, 4) is 17.6 Å². The van der Waals surface area contributed by atoms with Gasteiger partial charge in [-0.2, -0.15) is 9.97 Å². The summed E-state index contributed by atoms with van der Waals surface area (Å²) in [6, 6.07) is 15.1. The Hall–Kier alpha value is -3.38. The molecule has 4 aromatic rings. The Morgan fingerprint density at radius 3 is 2.50 bits per heavy atom. The number of fused-ring (bicyclic) bond motifs is 1. The standard InChI is InChI=1S/C21H17ClN4O2/c1-13-11-15(5-8-18(13)22)26(2)14-3-6-16(7-4-14)28-21-24-19-12-23-10-9-17(19)20(27)25-21/h3-12H,1-2H3,(H,24,25,27). The zero-order valence-electron chi connectivity index (χ0n) is 15.3. The number of rotatable bonds is 4. The van der Waals surface area contributed by atoms with E-state index in [1.165, 1.54) is 0 Å². The van der Waals surface area contributed by atoms with E-state index in [2.05, 4.69) is 19.9 Å². The van der Waals surface area contributed by atoms with Gasteiger partial charge in [0.2, 0.25) is 5.88 Å². The second-order valence-electron chi connectivity index (χ2n) is 6.31. The van der Waals surface area contributed by atoms with Crippen LogP contribution in [0.4, 0.5) is 11.4 Å². The largest absolute Gasteiger partial charge is 0.493 e. The summed E-state index contributed by atoms with van der Waals surface area (Å²) in [5, 5.41) is 11.3. The topological polar surface area (TPSA) is 71.4 Å². The second-order valence-corrected chi connectivity index (χ2v) is 6.72. The molecule has 0 fully saturated rings. The van der Waals surface area contributed by atoms with E-state index in [1.54, 1.807) is 18.5 Å². The number of hydrogen-bond acceptors (Lipinski definition) is 6. The van der Waals surface area contributed by atoms with Gasteiger partial charge in [-0.05, 0) is 61.0 Å². The maximum absolute atomic E-state index is 10.0. The van der Waals surface area contributed by atoms with E-state index in [0.717, 1.165) is 22.0 Å². The number of ether oxygens (including phenoxy) is 1. The van der Waals surface area contributed by atoms with Gasteiger partial charge in [-0.25, -0.2) is 0 Å². The predicted octanol–water partition coefficient (Wildman–Crippen LogP) is 5.25. The number of pyridine rings is 1. The van der Waals surface area contributed by atoms with Crippen LogP contribution in [0.2, 0.25) is 5.02 Å². The maximum atomic E-state index is 10.0. The first-order valence-electron chi connectivity index (χ1n) is 8.60. The van der Waals surface area contributed by atoms with Gasteiger partial charge in [-0.1, -0.05) is 11.6 Å². The quantitative estimate of drug-likeness (QED) is 0.511. The van der Waals surface area contributed by atoms with E-state index in [-0.39, 0.29) is 11.9 Å². The summed E-state index contributed by atoms with van der Waals surface area (Å²) in [4.78, 5) is 14.3. The van der Waals surface area contributed by atoms with Gasteiger partial charge in [0.25, 0.3) is 0 Å². The zero-order chi connectivity index (χ0) is 19.7. The molecule has 1 N–H and O–H groups in total. The third-order valence-electron chi connectivity index (χ3n) is 4.42. The highest BCUT2D eigenvalue weighted by Gasteiger charge is 2.10. The molecule has 7 heteroatoms. The van der Waals surface area contributed by atoms with E-state index >= 15 is 0 Å². The molecule has 0 spiro atoms. The van der Waals surface area contributed by atoms with E-state index in [0.29, 0.717) is 16.7 Å². The maximum Gasteiger partial charge on any atom is 0.325 e. The van der Waals surface area contributed by atoms with Gasteiger partial charge in [-0.15, -0.1) is 0 Å². The van der Waals surface area contributed by atoms with Crippen molar-refractivity contribution in [1.82, 2.24) is 15.0 Å². The van der Waals surface area contributed by atoms with Gasteiger partial charge in [0, 0.05) is 29.6 Å². The minimum absolute atomic E-state index is 0.0624. The number of nitrogens with zero attached hydrogens (tertiary/aromatic N) is 4. The van der Waals surface area contributed by atoms with Crippen LogP contribution in [0.3, 0.4) is 0 Å². The Morgan fingerprint density at radius 1 is 1.00 bits per heavy atom. The molecular weight excluding hydrogens is 376 g/mol. The molecule has 0 saturated heterocycles. The molecule has 0 bridgehead atoms. The summed E-state index contributed by atoms with van der Waals surface area (Å²) >= 11 is 6.11. The Balaban J connectivity index is 1.55. The van der Waals surface area contributed by atoms with Crippen molar-refractivity contribution in [2.24, 2.45) is 0 Å². The molecule has 0 aliphatic rings. The van der Waals surface area contributed by atoms with Crippen molar-refractivity contribution >= 4 is 33.9 Å². The minimum Gasteiger partial charge on any atom is -0.493 e. The molecule has 0 aliphatic heterocycles. The summed E-state index contributed by atoms with van der Waals surface area (Å²) in [6.07, 6.45) is 3.12. The Labute approximate surface area is 167 Å². The number of hydrogen-bond donors (Lipinski definition) is 1. The van der Waals surface area contributed by atoms with Crippen LogP contribution < -0.4 is 9.64 Å². The van der Waals surface area contributed by atoms with Crippen molar-refractivity contribution in [3.63, 3.8) is 0 Å². The highest BCUT2D eigenvalue weighted by molar-refractivity contribution is 6.31. The van der Waals surface area contributed by atoms with Crippen LogP contribution in [0.5, 0.6) is 17.6 Å². The summed E-state index contributed by atoms with van der Waals surface area (Å²) in [5.74, 6) is 0.420. The van der Waals surface area contributed by atoms with Crippen LogP contribution in [0.1, 0.15) is 5.56 Å². The number of aromatic hydroxyl groups is 1. The van der Waals surface area contributed by atoms with Gasteiger partial charge in [0.15, 0.2) is 0 Å². The molecule has 2 aromatic carbocycles. The lowest BCUT2D eigenvalue weighted by atomic mass is 10.2. The summed E-state index contributed by atoms with van der Waals surface area (Å²) in [7, 11) is 1.98. The lowest BCUT2D eigenvalue weighted by molar-refractivity contribution is 0.412. The monoisotopic (exact) mass is 392 g/mol. The predicted molar refractivity (Wildman–Crippen MR) is 110 cm³/mol. The van der Waals surface area contributed by atoms with E-state index in [1.807, 2.05) is 56.4 Å². The van der Waals surface area contributed by atoms with E-state index in [9.17, 15) is 5.11 Å². The molecule has 0 aliphatic carbocycles. The minimum atomic E-state index is -0.142. The molecule has 28 heavy (non-hydrogen) atoms. The molecule has 140 valence electrons. The molecule has 2 heterocycles. The first-order chi connectivity index (χ1) is 13.5. The van der Waals surface area contributed by atoms with Crippen molar-refractivity contribution < 1.29 is 9.84 Å². The smallest absolute Gasteiger partial charge is 0.325 e. The molecule has 6 nitrogen and oxygen atoms in total. The third kappa shape index (κ3) is 3.54. The Bertz CT molecular complexity index is 1150. The van der Waals surface area contributed by atoms with Crippen LogP contribution in [-0.4, -0.2) is 27.1 Å². The molecule has 0 amide bonds. The zero-order valence-corrected chi connectivity index (χ0v) is 16.1. The molecular formula is C21H17ClN4O2. The number of aryl methyl sites for hydroxylation is 1. The van der Waals surface area contributed by atoms with Crippen LogP contribution in [0.25, 0.3) is 10.9 Å². The van der Waals surface area contributed by atoms with Crippen LogP contribution in [0, 0.1) is 6.92 Å². The van der Waals surface area contributed by atoms with Crippen molar-refractivity contribution in [2.75, 3.05) is 11.9 Å². The first-order valence-corrected chi connectivity index (χ1v) is 8.97. The molecule has 0 radical (unpaired) electrons. The van der Waals surface area contributed by atoms with Crippen LogP contribution in [0.15, 0.2) is 60.9 Å². The third-order valence-corrected chi connectivity index (χ3v) is 4.84. The molecule has 0 unspecified atom stereocenters. The lowest BCUT2D eigenvalue weighted by Gasteiger charge is -2.20. The number of benzene rings is 2. The Morgan fingerprint density at radius 2 is 1.75 bits per heavy atom. The first kappa shape index (κ1) is 18.0. The SMILES string of the molecule is Cc1cc(N(C)c2ccc(Oc3nc(O)c4ccncc4n3)cc2)ccc1Cl. The average Bonchev–Trinajstić information content (AvgIpc) is 2.70. The van der Waals surface area contributed by atoms with E-state index < -0.39 is 0 Å². The summed E-state index contributed by atoms with van der Waals surface area (Å²) in [6.45, 7) is 1.98. The number of halogens is 1. The van der Waals surface area contributed by atoms with Gasteiger partial charge in [0.05, 0.1) is 17.1 Å². The molecule has 4 rings (SSSR count). The number of anilines is 2. The van der Waals surface area contributed by atoms with Crippen LogP contribution >= 0.6 is 11.6 Å². The van der Waals surface area contributed by atoms with E-state index in [4.69, 9.17) is 16.3 Å². The van der Waals surface area contributed by atoms with Gasteiger partial charge >= 0.3 is 6.01 Å². The fourth-order valence-electron chi connectivity index (χ4n) is 2.82. The number of aromatic nitrogens is 3. The summed E-state index contributed by atoms with van der Waals surface area (Å²) in [5.41, 5.74) is 3.56. The second kappa shape index (κ2) is 7.32. The van der Waals surface area contributed by atoms with Crippen LogP contribution in [-0.2, 0) is 0 Å². The van der Waals surface area contributed by atoms with Gasteiger partial charge in [-0.3, -0.25) is 4.98 Å². The highest BCUT2D eigenvalue weighted by Crippen LogP contribution is 2.30. The van der Waals surface area contributed by atoms with Gasteiger partial charge < -0.3 is 14.7 Å². The fraction of sp³-hybridized carbons (Fsp3) is 0.0952. The normalized spacial score (nSPS) is 10.8. The van der Waals surface area contributed by atoms with Gasteiger partial charge in [0.1, 0.15) is 5.75 Å². The molecule has 0 saturated carbocycles. The van der Waals surface area contributed by atoms with Crippen molar-refractivity contribution in [3.05, 3.63) is 71.5 Å².